The van der Waals surface area contributed by atoms with Gasteiger partial charge in [-0.2, -0.15) is 0 Å². The summed E-state index contributed by atoms with van der Waals surface area (Å²) >= 11 is 0. The van der Waals surface area contributed by atoms with Crippen LogP contribution in [0.5, 0.6) is 11.5 Å². The molecule has 0 aromatic heterocycles. The molecule has 7 nitrogen and oxygen atoms in total. The fourth-order valence-corrected chi connectivity index (χ4v) is 2.86. The maximum absolute atomic E-state index is 12.2. The average molecular weight is 376 g/mol. The fourth-order valence-electron chi connectivity index (χ4n) is 2.02. The van der Waals surface area contributed by atoms with Crippen LogP contribution in [-0.2, 0) is 14.8 Å². The normalized spacial score (nSPS) is 11.3. The van der Waals surface area contributed by atoms with Crippen LogP contribution < -0.4 is 19.7 Å². The van der Waals surface area contributed by atoms with Gasteiger partial charge in [-0.3, -0.25) is 10.2 Å². The molecule has 2 N–H and O–H groups in total. The summed E-state index contributed by atoms with van der Waals surface area (Å²) < 4.78 is 34.7. The minimum absolute atomic E-state index is 0.0121. The number of methoxy groups -OCH3 is 1. The minimum atomic E-state index is -3.87. The number of hydrogen-bond acceptors (Lipinski definition) is 5. The molecule has 0 spiro atoms. The van der Waals surface area contributed by atoms with Gasteiger partial charge in [-0.25, -0.2) is 8.42 Å². The van der Waals surface area contributed by atoms with Crippen molar-refractivity contribution < 1.29 is 22.7 Å². The highest BCUT2D eigenvalue weighted by Crippen LogP contribution is 2.15. The van der Waals surface area contributed by atoms with Crippen LogP contribution in [0, 0.1) is 0 Å². The maximum atomic E-state index is 12.2. The number of hydrogen-bond donors (Lipinski definition) is 2. The summed E-state index contributed by atoms with van der Waals surface area (Å²) in [5, 5.41) is 0. The van der Waals surface area contributed by atoms with Gasteiger partial charge in [-0.15, -0.1) is 4.83 Å². The third-order valence-electron chi connectivity index (χ3n) is 3.27. The molecule has 0 radical (unpaired) electrons. The van der Waals surface area contributed by atoms with Crippen LogP contribution in [0.15, 0.2) is 59.5 Å². The predicted octanol–water partition coefficient (Wildman–Crippen LogP) is 2.12. The molecule has 0 bridgehead atoms. The molecule has 0 atom stereocenters. The zero-order valence-electron chi connectivity index (χ0n) is 14.4. The molecule has 0 aliphatic carbocycles. The van der Waals surface area contributed by atoms with E-state index in [4.69, 9.17) is 9.47 Å². The van der Waals surface area contributed by atoms with E-state index in [1.165, 1.54) is 18.2 Å². The third kappa shape index (κ3) is 5.61. The van der Waals surface area contributed by atoms with Crippen molar-refractivity contribution in [2.45, 2.75) is 11.8 Å². The Hall–Kier alpha value is -2.84. The topological polar surface area (TPSA) is 93.7 Å². The Balaban J connectivity index is 1.95. The molecule has 2 aromatic rings. The number of carbonyl (C=O) groups excluding carboxylic acids is 1. The van der Waals surface area contributed by atoms with Crippen molar-refractivity contribution in [2.75, 3.05) is 13.7 Å². The predicted molar refractivity (Wildman–Crippen MR) is 98.1 cm³/mol. The number of sulfonamides is 1. The van der Waals surface area contributed by atoms with Crippen LogP contribution in [0.25, 0.3) is 6.08 Å². The molecule has 8 heteroatoms. The van der Waals surface area contributed by atoms with Crippen molar-refractivity contribution in [1.29, 1.82) is 0 Å². The molecule has 0 saturated heterocycles. The summed E-state index contributed by atoms with van der Waals surface area (Å²) in [6.07, 6.45) is 2.76. The fraction of sp³-hybridized carbons (Fsp3) is 0.167. The number of ether oxygens (including phenoxy) is 2. The summed E-state index contributed by atoms with van der Waals surface area (Å²) in [6.45, 7) is 2.32. The SMILES string of the molecule is CCOc1ccc(S(=O)(=O)NNC(=O)/C=C/c2cccc(OC)c2)cc1. The molecule has 26 heavy (non-hydrogen) atoms. The van der Waals surface area contributed by atoms with Crippen LogP contribution in [0.1, 0.15) is 12.5 Å². The second-order valence-corrected chi connectivity index (χ2v) is 6.79. The number of hydrazine groups is 1. The molecule has 0 heterocycles. The van der Waals surface area contributed by atoms with E-state index in [1.807, 2.05) is 11.8 Å². The molecule has 0 aliphatic heterocycles. The van der Waals surface area contributed by atoms with Crippen LogP contribution >= 0.6 is 0 Å². The lowest BCUT2D eigenvalue weighted by atomic mass is 10.2. The van der Waals surface area contributed by atoms with Crippen molar-refractivity contribution in [3.63, 3.8) is 0 Å². The van der Waals surface area contributed by atoms with Gasteiger partial charge >= 0.3 is 0 Å². The van der Waals surface area contributed by atoms with E-state index >= 15 is 0 Å². The quantitative estimate of drug-likeness (QED) is 0.544. The van der Waals surface area contributed by atoms with Crippen molar-refractivity contribution in [3.8, 4) is 11.5 Å². The van der Waals surface area contributed by atoms with E-state index in [9.17, 15) is 13.2 Å². The van der Waals surface area contributed by atoms with Crippen LogP contribution in [0.4, 0.5) is 0 Å². The Morgan fingerprint density at radius 3 is 2.50 bits per heavy atom. The second kappa shape index (κ2) is 9.02. The van der Waals surface area contributed by atoms with Crippen LogP contribution in [0.3, 0.4) is 0 Å². The summed E-state index contributed by atoms with van der Waals surface area (Å²) in [7, 11) is -2.33. The van der Waals surface area contributed by atoms with Gasteiger partial charge in [0.05, 0.1) is 18.6 Å². The van der Waals surface area contributed by atoms with Gasteiger partial charge < -0.3 is 9.47 Å². The first-order valence-electron chi connectivity index (χ1n) is 7.81. The standard InChI is InChI=1S/C18H20N2O5S/c1-3-25-15-8-10-17(11-9-15)26(22,23)20-19-18(21)12-7-14-5-4-6-16(13-14)24-2/h4-13,20H,3H2,1-2H3,(H,19,21)/b12-7+. The lowest BCUT2D eigenvalue weighted by Gasteiger charge is -2.08. The molecule has 138 valence electrons. The number of amides is 1. The zero-order chi connectivity index (χ0) is 19.0. The smallest absolute Gasteiger partial charge is 0.258 e. The number of carbonyl (C=O) groups is 1. The molecule has 0 unspecified atom stereocenters. The first kappa shape index (κ1) is 19.5. The van der Waals surface area contributed by atoms with Gasteiger partial charge in [0.1, 0.15) is 11.5 Å². The number of nitrogens with one attached hydrogen (secondary N) is 2. The Morgan fingerprint density at radius 2 is 1.85 bits per heavy atom. The van der Waals surface area contributed by atoms with Crippen molar-refractivity contribution in [3.05, 3.63) is 60.2 Å². The van der Waals surface area contributed by atoms with Gasteiger partial charge in [0.25, 0.3) is 15.9 Å². The van der Waals surface area contributed by atoms with E-state index in [2.05, 4.69) is 5.43 Å². The van der Waals surface area contributed by atoms with Gasteiger partial charge in [0.15, 0.2) is 0 Å². The Morgan fingerprint density at radius 1 is 1.12 bits per heavy atom. The minimum Gasteiger partial charge on any atom is -0.497 e. The maximum Gasteiger partial charge on any atom is 0.258 e. The van der Waals surface area contributed by atoms with E-state index in [0.717, 1.165) is 5.56 Å². The lowest BCUT2D eigenvalue weighted by molar-refractivity contribution is -0.116. The summed E-state index contributed by atoms with van der Waals surface area (Å²) in [4.78, 5) is 13.9. The van der Waals surface area contributed by atoms with Crippen molar-refractivity contribution >= 4 is 22.0 Å². The zero-order valence-corrected chi connectivity index (χ0v) is 15.2. The Bertz CT molecular complexity index is 877. The molecular weight excluding hydrogens is 356 g/mol. The van der Waals surface area contributed by atoms with Crippen molar-refractivity contribution in [1.82, 2.24) is 10.3 Å². The molecule has 0 fully saturated rings. The van der Waals surface area contributed by atoms with Gasteiger partial charge in [-0.05, 0) is 55.0 Å². The van der Waals surface area contributed by atoms with E-state index < -0.39 is 15.9 Å². The van der Waals surface area contributed by atoms with Crippen LogP contribution in [0.2, 0.25) is 0 Å². The second-order valence-electron chi connectivity index (χ2n) is 5.11. The highest BCUT2D eigenvalue weighted by atomic mass is 32.2. The summed E-state index contributed by atoms with van der Waals surface area (Å²) in [5.41, 5.74) is 2.88. The van der Waals surface area contributed by atoms with E-state index in [0.29, 0.717) is 18.1 Å². The molecule has 2 aromatic carbocycles. The molecule has 0 saturated carbocycles. The highest BCUT2D eigenvalue weighted by Gasteiger charge is 2.14. The van der Waals surface area contributed by atoms with E-state index in [1.54, 1.807) is 49.6 Å². The molecule has 0 aliphatic rings. The molecular formula is C18H20N2O5S. The first-order valence-corrected chi connectivity index (χ1v) is 9.29. The summed E-state index contributed by atoms with van der Waals surface area (Å²) in [5.74, 6) is 0.614. The number of benzene rings is 2. The summed E-state index contributed by atoms with van der Waals surface area (Å²) in [6, 6.07) is 13.0. The lowest BCUT2D eigenvalue weighted by Crippen LogP contribution is -2.40. The van der Waals surface area contributed by atoms with Gasteiger partial charge in [0, 0.05) is 6.08 Å². The average Bonchev–Trinajstić information content (AvgIpc) is 2.65. The highest BCUT2D eigenvalue weighted by molar-refractivity contribution is 7.89. The molecule has 2 rings (SSSR count). The Labute approximate surface area is 152 Å². The van der Waals surface area contributed by atoms with Crippen molar-refractivity contribution in [2.24, 2.45) is 0 Å². The van der Waals surface area contributed by atoms with Gasteiger partial charge in [0.2, 0.25) is 0 Å². The van der Waals surface area contributed by atoms with Crippen LogP contribution in [-0.4, -0.2) is 28.0 Å². The van der Waals surface area contributed by atoms with E-state index in [-0.39, 0.29) is 4.90 Å². The number of rotatable bonds is 8. The monoisotopic (exact) mass is 376 g/mol. The molecule has 1 amide bonds. The Kier molecular flexibility index (Phi) is 6.76. The largest absolute Gasteiger partial charge is 0.497 e. The third-order valence-corrected chi connectivity index (χ3v) is 4.54. The van der Waals surface area contributed by atoms with Gasteiger partial charge in [-0.1, -0.05) is 12.1 Å². The first-order chi connectivity index (χ1) is 12.4.